The Morgan fingerprint density at radius 3 is 2.05 bits per heavy atom. The molecule has 0 radical (unpaired) electrons. The van der Waals surface area contributed by atoms with Crippen molar-refractivity contribution in [1.29, 1.82) is 0 Å². The molecule has 0 aliphatic carbocycles. The molecule has 0 saturated heterocycles. The van der Waals surface area contributed by atoms with E-state index in [1.54, 1.807) is 0 Å². The van der Waals surface area contributed by atoms with Gasteiger partial charge >= 0.3 is 28.9 Å². The summed E-state index contributed by atoms with van der Waals surface area (Å²) in [4.78, 5) is 0. The van der Waals surface area contributed by atoms with Gasteiger partial charge in [-0.15, -0.1) is 0 Å². The van der Waals surface area contributed by atoms with Gasteiger partial charge in [-0.1, -0.05) is 39.0 Å². The van der Waals surface area contributed by atoms with Gasteiger partial charge in [0.25, 0.3) is 0 Å². The predicted octanol–water partition coefficient (Wildman–Crippen LogP) is 0.714. The van der Waals surface area contributed by atoms with Crippen LogP contribution in [0.25, 0.3) is 0 Å². The van der Waals surface area contributed by atoms with E-state index in [2.05, 4.69) is 62.7 Å². The number of hydrogen-bond donors (Lipinski definition) is 3. The van der Waals surface area contributed by atoms with Gasteiger partial charge in [0.2, 0.25) is 0 Å². The van der Waals surface area contributed by atoms with Crippen molar-refractivity contribution in [3.8, 4) is 0 Å². The third-order valence-corrected chi connectivity index (χ3v) is 4.02. The zero-order chi connectivity index (χ0) is 17.0. The van der Waals surface area contributed by atoms with Crippen LogP contribution in [0.2, 0.25) is 0 Å². The Bertz CT molecular complexity index is 497. The average Bonchev–Trinajstić information content (AvgIpc) is 2.36. The molecule has 1 aromatic rings. The molecule has 1 heterocycles. The van der Waals surface area contributed by atoms with Crippen molar-refractivity contribution in [3.63, 3.8) is 0 Å². The third kappa shape index (κ3) is 6.85. The predicted molar refractivity (Wildman–Crippen MR) is 80.4 cm³/mol. The van der Waals surface area contributed by atoms with Crippen LogP contribution in [0.15, 0.2) is 30.3 Å². The molecule has 22 heavy (non-hydrogen) atoms. The van der Waals surface area contributed by atoms with Gasteiger partial charge in [-0.25, -0.2) is 4.58 Å². The quantitative estimate of drug-likeness (QED) is 0.661. The third-order valence-electron chi connectivity index (χ3n) is 4.02. The second-order valence-electron chi connectivity index (χ2n) is 6.73. The maximum atomic E-state index is 8.83. The Morgan fingerprint density at radius 2 is 1.64 bits per heavy atom. The summed E-state index contributed by atoms with van der Waals surface area (Å²) < 4.78 is 32.7. The van der Waals surface area contributed by atoms with Crippen molar-refractivity contribution in [2.45, 2.75) is 33.6 Å². The van der Waals surface area contributed by atoms with Crippen LogP contribution in [0.5, 0.6) is 0 Å². The minimum atomic E-state index is -4.19. The van der Waals surface area contributed by atoms with Crippen LogP contribution in [-0.4, -0.2) is 37.9 Å². The molecular formula is C16H27ClNO4+. The van der Waals surface area contributed by atoms with E-state index in [9.17, 15) is 0 Å². The van der Waals surface area contributed by atoms with Crippen LogP contribution in [-0.2, 0) is 0 Å². The molecule has 1 atom stereocenters. The molecule has 5 nitrogen and oxygen atoms in total. The molecule has 0 amide bonds. The molecule has 1 aliphatic rings. The van der Waals surface area contributed by atoms with E-state index < -0.39 is 10.2 Å². The van der Waals surface area contributed by atoms with Crippen LogP contribution in [0.4, 0.5) is 0 Å². The van der Waals surface area contributed by atoms with Crippen molar-refractivity contribution >= 4 is 5.71 Å². The van der Waals surface area contributed by atoms with Crippen molar-refractivity contribution in [1.82, 2.24) is 0 Å². The summed E-state index contributed by atoms with van der Waals surface area (Å²) in [5.74, 6) is 0.806. The second kappa shape index (κ2) is 7.53. The van der Waals surface area contributed by atoms with Crippen LogP contribution < -0.4 is 4.66 Å². The van der Waals surface area contributed by atoms with Crippen molar-refractivity contribution in [2.24, 2.45) is 11.3 Å². The Morgan fingerprint density at radius 1 is 1.14 bits per heavy atom. The Kier molecular flexibility index (Phi) is 6.52. The van der Waals surface area contributed by atoms with Gasteiger partial charge in [0.1, 0.15) is 13.6 Å². The van der Waals surface area contributed by atoms with E-state index in [4.69, 9.17) is 18.6 Å². The first kappa shape index (κ1) is 19.1. The topological polar surface area (TPSA) is 86.8 Å². The standard InChI is InChI=1S/C16H24N.ClH3O4/c1-16(2,3)14-10-11-15(17(4)12-14)13-8-6-5-7-9-13;2-1(3,4)5/h5-9,14H,10-12H2,1-4H3;2-4H/q+1;. The number of halogens is 1. The van der Waals surface area contributed by atoms with Crippen LogP contribution in [0, 0.1) is 21.6 Å². The summed E-state index contributed by atoms with van der Waals surface area (Å²) in [6.45, 7) is 8.27. The van der Waals surface area contributed by atoms with Gasteiger partial charge in [0, 0.05) is 17.9 Å². The van der Waals surface area contributed by atoms with E-state index in [0.29, 0.717) is 5.41 Å². The van der Waals surface area contributed by atoms with E-state index in [-0.39, 0.29) is 0 Å². The molecule has 0 spiro atoms. The number of benzene rings is 1. The molecule has 0 fully saturated rings. The van der Waals surface area contributed by atoms with Crippen molar-refractivity contribution < 1.29 is 33.5 Å². The molecule has 1 aromatic carbocycles. The summed E-state index contributed by atoms with van der Waals surface area (Å²) >= 11 is 0. The Hall–Kier alpha value is -0.980. The van der Waals surface area contributed by atoms with Crippen molar-refractivity contribution in [2.75, 3.05) is 13.6 Å². The van der Waals surface area contributed by atoms with E-state index in [0.717, 1.165) is 5.92 Å². The molecule has 6 heteroatoms. The van der Waals surface area contributed by atoms with Crippen molar-refractivity contribution in [3.05, 3.63) is 35.9 Å². The van der Waals surface area contributed by atoms with Gasteiger partial charge in [0.15, 0.2) is 5.71 Å². The molecule has 2 rings (SSSR count). The monoisotopic (exact) mass is 332 g/mol. The molecule has 0 bridgehead atoms. The van der Waals surface area contributed by atoms with Gasteiger partial charge in [-0.05, 0) is 24.0 Å². The zero-order valence-electron chi connectivity index (χ0n) is 13.7. The van der Waals surface area contributed by atoms with Gasteiger partial charge in [-0.3, -0.25) is 0 Å². The summed E-state index contributed by atoms with van der Waals surface area (Å²) in [5, 5.41) is 0. The summed E-state index contributed by atoms with van der Waals surface area (Å²) in [5.41, 5.74) is 3.32. The molecule has 0 aromatic heterocycles. The second-order valence-corrected chi connectivity index (χ2v) is 7.60. The normalized spacial score (nSPS) is 20.3. The Labute approximate surface area is 134 Å². The minimum absolute atomic E-state index is 0.427. The molecule has 1 aliphatic heterocycles. The van der Waals surface area contributed by atoms with E-state index >= 15 is 0 Å². The maximum absolute atomic E-state index is 8.83. The summed E-state index contributed by atoms with van der Waals surface area (Å²) in [6.07, 6.45) is 2.53. The fraction of sp³-hybridized carbons (Fsp3) is 0.562. The summed E-state index contributed by atoms with van der Waals surface area (Å²) in [7, 11) is -1.96. The average molecular weight is 333 g/mol. The van der Waals surface area contributed by atoms with Crippen LogP contribution in [0.1, 0.15) is 39.2 Å². The molecule has 1 unspecified atom stereocenters. The summed E-state index contributed by atoms with van der Waals surface area (Å²) in [6, 6.07) is 10.8. The fourth-order valence-electron chi connectivity index (χ4n) is 2.74. The van der Waals surface area contributed by atoms with Gasteiger partial charge in [-0.2, -0.15) is 0 Å². The molecule has 126 valence electrons. The first-order valence-corrected chi connectivity index (χ1v) is 8.59. The number of hydrogen-bond acceptors (Lipinski definition) is 4. The first-order valence-electron chi connectivity index (χ1n) is 7.27. The van der Waals surface area contributed by atoms with Crippen LogP contribution >= 0.6 is 0 Å². The molecular weight excluding hydrogens is 306 g/mol. The first-order chi connectivity index (χ1) is 9.98. The molecule has 3 N–H and O–H groups in total. The van der Waals surface area contributed by atoms with Gasteiger partial charge in [0.05, 0.1) is 0 Å². The number of rotatable bonds is 1. The van der Waals surface area contributed by atoms with Crippen LogP contribution in [0.3, 0.4) is 0 Å². The molecule has 0 saturated carbocycles. The zero-order valence-corrected chi connectivity index (χ0v) is 14.4. The van der Waals surface area contributed by atoms with Gasteiger partial charge < -0.3 is 0 Å². The van der Waals surface area contributed by atoms with E-state index in [1.807, 2.05) is 0 Å². The SMILES string of the molecule is C[N+]1=C(c2ccccc2)CCC(C(C)(C)C)C1.[O-][Cl+](O)(O)O. The van der Waals surface area contributed by atoms with E-state index in [1.165, 1.54) is 30.7 Å². The fourth-order valence-corrected chi connectivity index (χ4v) is 2.74. The Balaban J connectivity index is 0.000000422. The number of nitrogens with zero attached hydrogens (tertiary/aromatic N) is 1.